The highest BCUT2D eigenvalue weighted by Gasteiger charge is 2.28. The van der Waals surface area contributed by atoms with Gasteiger partial charge in [0.2, 0.25) is 5.82 Å². The standard InChI is InChI=1S/C21H20FN5O3/c1-11-7-12(2)18-16(8-11)30-10-15(20(28)25-18)23-21(29)19-24-17(26-27-19)9-13-5-3-4-6-14(13)22/h3-8,15H,9-10H2,1-2H3,(H,23,29)(H,25,28)(H,24,26,27)/t15-/m0/s1. The van der Waals surface area contributed by atoms with Crippen molar-refractivity contribution in [1.29, 1.82) is 0 Å². The lowest BCUT2D eigenvalue weighted by Crippen LogP contribution is -2.46. The van der Waals surface area contributed by atoms with Crippen LogP contribution in [-0.2, 0) is 11.2 Å². The summed E-state index contributed by atoms with van der Waals surface area (Å²) >= 11 is 0. The highest BCUT2D eigenvalue weighted by Crippen LogP contribution is 2.31. The van der Waals surface area contributed by atoms with Crippen LogP contribution in [0.2, 0.25) is 0 Å². The van der Waals surface area contributed by atoms with Gasteiger partial charge in [-0.2, -0.15) is 0 Å². The van der Waals surface area contributed by atoms with E-state index in [1.807, 2.05) is 26.0 Å². The van der Waals surface area contributed by atoms with E-state index in [1.54, 1.807) is 18.2 Å². The van der Waals surface area contributed by atoms with E-state index in [9.17, 15) is 14.0 Å². The number of rotatable bonds is 4. The monoisotopic (exact) mass is 409 g/mol. The number of anilines is 1. The van der Waals surface area contributed by atoms with Gasteiger partial charge in [0.15, 0.2) is 0 Å². The van der Waals surface area contributed by atoms with Gasteiger partial charge in [-0.05, 0) is 42.7 Å². The summed E-state index contributed by atoms with van der Waals surface area (Å²) in [5.41, 5.74) is 2.90. The Kier molecular flexibility index (Phi) is 5.18. The number of benzene rings is 2. The number of carbonyl (C=O) groups excluding carboxylic acids is 2. The number of aryl methyl sites for hydroxylation is 2. The molecular formula is C21H20FN5O3. The molecule has 0 aliphatic carbocycles. The average Bonchev–Trinajstić information content (AvgIpc) is 3.11. The number of hydrogen-bond acceptors (Lipinski definition) is 5. The Morgan fingerprint density at radius 2 is 2.07 bits per heavy atom. The Labute approximate surface area is 171 Å². The smallest absolute Gasteiger partial charge is 0.289 e. The van der Waals surface area contributed by atoms with Gasteiger partial charge in [-0.1, -0.05) is 24.3 Å². The molecule has 0 unspecified atom stereocenters. The summed E-state index contributed by atoms with van der Waals surface area (Å²) in [5, 5.41) is 13.1. The van der Waals surface area contributed by atoms with Crippen molar-refractivity contribution in [1.82, 2.24) is 20.5 Å². The van der Waals surface area contributed by atoms with Gasteiger partial charge in [-0.3, -0.25) is 9.59 Å². The van der Waals surface area contributed by atoms with Crippen LogP contribution in [-0.4, -0.2) is 39.6 Å². The first-order valence-corrected chi connectivity index (χ1v) is 9.41. The number of H-pyrrole nitrogens is 1. The van der Waals surface area contributed by atoms with E-state index < -0.39 is 11.9 Å². The third-order valence-electron chi connectivity index (χ3n) is 4.78. The molecule has 1 aromatic heterocycles. The minimum absolute atomic E-state index is 0.0241. The molecule has 1 aliphatic heterocycles. The number of amides is 2. The molecule has 2 amide bonds. The summed E-state index contributed by atoms with van der Waals surface area (Å²) in [6.45, 7) is 3.79. The first-order valence-electron chi connectivity index (χ1n) is 9.41. The molecule has 1 aliphatic rings. The highest BCUT2D eigenvalue weighted by molar-refractivity contribution is 6.01. The van der Waals surface area contributed by atoms with Crippen molar-refractivity contribution >= 4 is 17.5 Å². The van der Waals surface area contributed by atoms with Gasteiger partial charge >= 0.3 is 0 Å². The van der Waals surface area contributed by atoms with Crippen molar-refractivity contribution in [2.45, 2.75) is 26.3 Å². The van der Waals surface area contributed by atoms with Gasteiger partial charge < -0.3 is 20.4 Å². The molecule has 4 rings (SSSR count). The summed E-state index contributed by atoms with van der Waals surface area (Å²) in [6, 6.07) is 9.15. The highest BCUT2D eigenvalue weighted by atomic mass is 19.1. The SMILES string of the molecule is Cc1cc(C)c2c(c1)OC[C@H](NC(=O)c1nnc(Cc3ccccc3F)[nH]1)C(=O)N2. The predicted octanol–water partition coefficient (Wildman–Crippen LogP) is 2.28. The van der Waals surface area contributed by atoms with Gasteiger partial charge in [-0.25, -0.2) is 4.39 Å². The minimum atomic E-state index is -0.912. The fourth-order valence-electron chi connectivity index (χ4n) is 3.30. The van der Waals surface area contributed by atoms with Crippen molar-refractivity contribution in [2.75, 3.05) is 11.9 Å². The fraction of sp³-hybridized carbons (Fsp3) is 0.238. The number of fused-ring (bicyclic) bond motifs is 1. The molecule has 1 atom stereocenters. The Morgan fingerprint density at radius 1 is 1.27 bits per heavy atom. The molecule has 0 fully saturated rings. The van der Waals surface area contributed by atoms with Crippen LogP contribution in [0.5, 0.6) is 5.75 Å². The number of ether oxygens (including phenoxy) is 1. The molecule has 2 aromatic carbocycles. The number of carbonyl (C=O) groups is 2. The fourth-order valence-corrected chi connectivity index (χ4v) is 3.30. The molecule has 2 heterocycles. The second-order valence-corrected chi connectivity index (χ2v) is 7.17. The number of aromatic amines is 1. The van der Waals surface area contributed by atoms with E-state index in [1.165, 1.54) is 6.07 Å². The van der Waals surface area contributed by atoms with E-state index >= 15 is 0 Å². The van der Waals surface area contributed by atoms with Gasteiger partial charge in [0, 0.05) is 6.42 Å². The van der Waals surface area contributed by atoms with Crippen LogP contribution in [0.3, 0.4) is 0 Å². The molecular weight excluding hydrogens is 389 g/mol. The van der Waals surface area contributed by atoms with Crippen LogP contribution in [0.4, 0.5) is 10.1 Å². The number of halogens is 1. The normalized spacial score (nSPS) is 15.6. The number of nitrogens with zero attached hydrogens (tertiary/aromatic N) is 2. The zero-order valence-electron chi connectivity index (χ0n) is 16.5. The third kappa shape index (κ3) is 4.00. The largest absolute Gasteiger partial charge is 0.489 e. The lowest BCUT2D eigenvalue weighted by molar-refractivity contribution is -0.118. The van der Waals surface area contributed by atoms with E-state index in [2.05, 4.69) is 25.8 Å². The number of aromatic nitrogens is 3. The van der Waals surface area contributed by atoms with Crippen LogP contribution in [0, 0.1) is 19.7 Å². The summed E-state index contributed by atoms with van der Waals surface area (Å²) < 4.78 is 19.5. The first-order chi connectivity index (χ1) is 14.4. The first kappa shape index (κ1) is 19.6. The van der Waals surface area contributed by atoms with Gasteiger partial charge in [-0.15, -0.1) is 10.2 Å². The van der Waals surface area contributed by atoms with E-state index in [0.717, 1.165) is 11.1 Å². The maximum atomic E-state index is 13.8. The molecule has 0 saturated carbocycles. The summed E-state index contributed by atoms with van der Waals surface area (Å²) in [5.74, 6) is -0.528. The third-order valence-corrected chi connectivity index (χ3v) is 4.78. The maximum Gasteiger partial charge on any atom is 0.289 e. The molecule has 3 aromatic rings. The molecule has 30 heavy (non-hydrogen) atoms. The minimum Gasteiger partial charge on any atom is -0.489 e. The zero-order valence-corrected chi connectivity index (χ0v) is 16.5. The van der Waals surface area contributed by atoms with Crippen molar-refractivity contribution in [2.24, 2.45) is 0 Å². The van der Waals surface area contributed by atoms with E-state index in [0.29, 0.717) is 22.8 Å². The van der Waals surface area contributed by atoms with E-state index in [4.69, 9.17) is 4.74 Å². The Hall–Kier alpha value is -3.75. The number of nitrogens with one attached hydrogen (secondary N) is 3. The second kappa shape index (κ2) is 7.94. The van der Waals surface area contributed by atoms with Crippen molar-refractivity contribution in [3.8, 4) is 5.75 Å². The zero-order chi connectivity index (χ0) is 21.3. The number of hydrogen-bond donors (Lipinski definition) is 3. The molecule has 9 heteroatoms. The van der Waals surface area contributed by atoms with Gasteiger partial charge in [0.05, 0.1) is 5.69 Å². The van der Waals surface area contributed by atoms with Crippen molar-refractivity contribution < 1.29 is 18.7 Å². The molecule has 0 spiro atoms. The molecule has 154 valence electrons. The maximum absolute atomic E-state index is 13.8. The predicted molar refractivity (Wildman–Crippen MR) is 107 cm³/mol. The second-order valence-electron chi connectivity index (χ2n) is 7.17. The van der Waals surface area contributed by atoms with Crippen LogP contribution in [0.15, 0.2) is 36.4 Å². The molecule has 0 radical (unpaired) electrons. The van der Waals surface area contributed by atoms with Crippen LogP contribution < -0.4 is 15.4 Å². The Morgan fingerprint density at radius 3 is 2.87 bits per heavy atom. The molecule has 3 N–H and O–H groups in total. The van der Waals surface area contributed by atoms with Crippen molar-refractivity contribution in [3.05, 3.63) is 70.6 Å². The lowest BCUT2D eigenvalue weighted by atomic mass is 10.1. The molecule has 0 bridgehead atoms. The average molecular weight is 409 g/mol. The van der Waals surface area contributed by atoms with Crippen LogP contribution in [0.25, 0.3) is 0 Å². The summed E-state index contributed by atoms with van der Waals surface area (Å²) in [6.07, 6.45) is 0.161. The van der Waals surface area contributed by atoms with Gasteiger partial charge in [0.25, 0.3) is 11.8 Å². The van der Waals surface area contributed by atoms with Crippen LogP contribution >= 0.6 is 0 Å². The summed E-state index contributed by atoms with van der Waals surface area (Å²) in [4.78, 5) is 27.9. The summed E-state index contributed by atoms with van der Waals surface area (Å²) in [7, 11) is 0. The van der Waals surface area contributed by atoms with Gasteiger partial charge in [0.1, 0.15) is 30.0 Å². The quantitative estimate of drug-likeness (QED) is 0.613. The topological polar surface area (TPSA) is 109 Å². The molecule has 8 nitrogen and oxygen atoms in total. The van der Waals surface area contributed by atoms with Crippen LogP contribution in [0.1, 0.15) is 33.1 Å². The Balaban J connectivity index is 1.44. The molecule has 0 saturated heterocycles. The van der Waals surface area contributed by atoms with Crippen molar-refractivity contribution in [3.63, 3.8) is 0 Å². The van der Waals surface area contributed by atoms with E-state index in [-0.39, 0.29) is 30.6 Å². The Bertz CT molecular complexity index is 1130. The lowest BCUT2D eigenvalue weighted by Gasteiger charge is -2.13.